The zero-order valence-corrected chi connectivity index (χ0v) is 16.3. The molecule has 0 aliphatic rings. The first-order valence-electron chi connectivity index (χ1n) is 8.45. The number of nitrogens with zero attached hydrogens (tertiary/aromatic N) is 3. The highest BCUT2D eigenvalue weighted by Crippen LogP contribution is 2.36. The Hall–Kier alpha value is -2.38. The van der Waals surface area contributed by atoms with E-state index in [0.29, 0.717) is 23.2 Å². The predicted octanol–water partition coefficient (Wildman–Crippen LogP) is 3.80. The van der Waals surface area contributed by atoms with E-state index >= 15 is 0 Å². The normalized spacial score (nSPS) is 11.3. The number of methoxy groups -OCH3 is 1. The summed E-state index contributed by atoms with van der Waals surface area (Å²) < 4.78 is 11.8. The first-order valence-corrected chi connectivity index (χ1v) is 9.27. The fourth-order valence-electron chi connectivity index (χ4n) is 2.74. The number of hydrogen-bond acceptors (Lipinski definition) is 6. The highest BCUT2D eigenvalue weighted by Gasteiger charge is 2.24. The molecule has 1 amide bonds. The number of fused-ring (bicyclic) bond motifs is 1. The van der Waals surface area contributed by atoms with Crippen molar-refractivity contribution in [3.8, 4) is 5.75 Å². The molecule has 0 aliphatic carbocycles. The topological polar surface area (TPSA) is 58.8 Å². The first-order chi connectivity index (χ1) is 12.5. The summed E-state index contributed by atoms with van der Waals surface area (Å²) in [5, 5.41) is 0.660. The minimum Gasteiger partial charge on any atom is -0.494 e. The van der Waals surface area contributed by atoms with E-state index in [1.807, 2.05) is 33.2 Å². The van der Waals surface area contributed by atoms with E-state index in [-0.39, 0.29) is 5.91 Å². The van der Waals surface area contributed by atoms with Crippen molar-refractivity contribution in [2.45, 2.75) is 13.3 Å². The van der Waals surface area contributed by atoms with E-state index in [1.165, 1.54) is 17.6 Å². The molecule has 7 heteroatoms. The Morgan fingerprint density at radius 1 is 1.27 bits per heavy atom. The van der Waals surface area contributed by atoms with Crippen molar-refractivity contribution < 1.29 is 13.9 Å². The monoisotopic (exact) mass is 373 g/mol. The van der Waals surface area contributed by atoms with Crippen LogP contribution in [-0.4, -0.2) is 50.1 Å². The quantitative estimate of drug-likeness (QED) is 0.630. The Kier molecular flexibility index (Phi) is 5.58. The van der Waals surface area contributed by atoms with Gasteiger partial charge in [0.2, 0.25) is 0 Å². The van der Waals surface area contributed by atoms with Crippen LogP contribution in [0.1, 0.15) is 22.5 Å². The number of aryl methyl sites for hydroxylation is 1. The number of thiazole rings is 1. The summed E-state index contributed by atoms with van der Waals surface area (Å²) in [6, 6.07) is 7.32. The van der Waals surface area contributed by atoms with E-state index in [1.54, 1.807) is 24.1 Å². The van der Waals surface area contributed by atoms with E-state index in [9.17, 15) is 4.79 Å². The Labute approximate surface area is 157 Å². The van der Waals surface area contributed by atoms with Gasteiger partial charge in [0.1, 0.15) is 11.3 Å². The fourth-order valence-corrected chi connectivity index (χ4v) is 3.82. The lowest BCUT2D eigenvalue weighted by atomic mass is 10.2. The molecule has 0 unspecified atom stereocenters. The molecule has 0 atom stereocenters. The van der Waals surface area contributed by atoms with Crippen LogP contribution in [0.5, 0.6) is 5.75 Å². The number of furan rings is 1. The second-order valence-corrected chi connectivity index (χ2v) is 7.33. The van der Waals surface area contributed by atoms with Gasteiger partial charge in [-0.2, -0.15) is 0 Å². The van der Waals surface area contributed by atoms with E-state index in [4.69, 9.17) is 14.1 Å². The summed E-state index contributed by atoms with van der Waals surface area (Å²) in [5.74, 6) is 0.856. The van der Waals surface area contributed by atoms with E-state index in [2.05, 4.69) is 4.90 Å². The van der Waals surface area contributed by atoms with Crippen molar-refractivity contribution in [1.82, 2.24) is 9.88 Å². The number of amides is 1. The summed E-state index contributed by atoms with van der Waals surface area (Å²) in [6.07, 6.45) is 2.35. The average Bonchev–Trinajstić information content (AvgIpc) is 3.28. The van der Waals surface area contributed by atoms with Crippen molar-refractivity contribution in [3.05, 3.63) is 41.9 Å². The molecule has 3 rings (SSSR count). The number of aromatic nitrogens is 1. The maximum Gasteiger partial charge on any atom is 0.295 e. The van der Waals surface area contributed by atoms with Gasteiger partial charge in [-0.25, -0.2) is 4.98 Å². The summed E-state index contributed by atoms with van der Waals surface area (Å²) in [4.78, 5) is 21.5. The molecule has 0 radical (unpaired) electrons. The molecule has 0 saturated carbocycles. The largest absolute Gasteiger partial charge is 0.494 e. The zero-order valence-electron chi connectivity index (χ0n) is 15.5. The van der Waals surface area contributed by atoms with Gasteiger partial charge in [-0.1, -0.05) is 17.4 Å². The first kappa shape index (κ1) is 18.4. The van der Waals surface area contributed by atoms with Crippen LogP contribution in [0, 0.1) is 6.92 Å². The molecule has 2 heterocycles. The zero-order chi connectivity index (χ0) is 18.7. The number of hydrogen-bond donors (Lipinski definition) is 0. The highest BCUT2D eigenvalue weighted by molar-refractivity contribution is 7.22. The van der Waals surface area contributed by atoms with Gasteiger partial charge >= 0.3 is 0 Å². The number of anilines is 1. The molecule has 6 nitrogen and oxygen atoms in total. The minimum atomic E-state index is -0.176. The van der Waals surface area contributed by atoms with Gasteiger partial charge in [-0.3, -0.25) is 9.69 Å². The van der Waals surface area contributed by atoms with Crippen molar-refractivity contribution in [2.24, 2.45) is 0 Å². The number of rotatable bonds is 7. The molecular weight excluding hydrogens is 350 g/mol. The summed E-state index contributed by atoms with van der Waals surface area (Å²) >= 11 is 1.50. The Bertz CT molecular complexity index is 887. The standard InChI is InChI=1S/C19H23N3O3S/c1-13-8-9-14(24-4)16-17(13)26-19(20-16)22(11-6-10-21(2)3)18(23)15-7-5-12-25-15/h5,7-9,12H,6,10-11H2,1-4H3. The fraction of sp³-hybridized carbons (Fsp3) is 0.368. The second kappa shape index (κ2) is 7.88. The molecule has 0 bridgehead atoms. The van der Waals surface area contributed by atoms with Crippen LogP contribution in [0.2, 0.25) is 0 Å². The Balaban J connectivity index is 1.99. The van der Waals surface area contributed by atoms with Crippen LogP contribution in [-0.2, 0) is 0 Å². The van der Waals surface area contributed by atoms with Gasteiger partial charge in [0.05, 0.1) is 18.1 Å². The average molecular weight is 373 g/mol. The van der Waals surface area contributed by atoms with Crippen molar-refractivity contribution in [2.75, 3.05) is 39.2 Å². The van der Waals surface area contributed by atoms with Crippen LogP contribution >= 0.6 is 11.3 Å². The number of carbonyl (C=O) groups is 1. The molecule has 2 aromatic heterocycles. The third kappa shape index (κ3) is 3.73. The smallest absolute Gasteiger partial charge is 0.295 e. The lowest BCUT2D eigenvalue weighted by molar-refractivity contribution is 0.0959. The molecule has 0 saturated heterocycles. The van der Waals surface area contributed by atoms with Gasteiger partial charge < -0.3 is 14.1 Å². The second-order valence-electron chi connectivity index (χ2n) is 6.35. The van der Waals surface area contributed by atoms with E-state index in [0.717, 1.165) is 28.7 Å². The Morgan fingerprint density at radius 2 is 2.08 bits per heavy atom. The third-order valence-corrected chi connectivity index (χ3v) is 5.32. The SMILES string of the molecule is COc1ccc(C)c2sc(N(CCCN(C)C)C(=O)c3ccco3)nc12. The highest BCUT2D eigenvalue weighted by atomic mass is 32.1. The van der Waals surface area contributed by atoms with Crippen molar-refractivity contribution >= 4 is 32.6 Å². The van der Waals surface area contributed by atoms with Crippen molar-refractivity contribution in [3.63, 3.8) is 0 Å². The van der Waals surface area contributed by atoms with Crippen LogP contribution in [0.25, 0.3) is 10.2 Å². The molecule has 0 fully saturated rings. The van der Waals surface area contributed by atoms with Gasteiger partial charge in [-0.05, 0) is 57.7 Å². The lowest BCUT2D eigenvalue weighted by Gasteiger charge is -2.19. The minimum absolute atomic E-state index is 0.176. The summed E-state index contributed by atoms with van der Waals surface area (Å²) in [5.41, 5.74) is 1.90. The maximum atomic E-state index is 13.0. The molecular formula is C19H23N3O3S. The number of ether oxygens (including phenoxy) is 1. The van der Waals surface area contributed by atoms with Gasteiger partial charge in [0.25, 0.3) is 5.91 Å². The maximum absolute atomic E-state index is 13.0. The van der Waals surface area contributed by atoms with Crippen molar-refractivity contribution in [1.29, 1.82) is 0 Å². The van der Waals surface area contributed by atoms with E-state index < -0.39 is 0 Å². The molecule has 1 aromatic carbocycles. The van der Waals surface area contributed by atoms with Gasteiger partial charge in [0.15, 0.2) is 10.9 Å². The summed E-state index contributed by atoms with van der Waals surface area (Å²) in [7, 11) is 5.67. The van der Waals surface area contributed by atoms with Gasteiger partial charge in [0, 0.05) is 6.54 Å². The molecule has 138 valence electrons. The molecule has 3 aromatic rings. The van der Waals surface area contributed by atoms with Crippen LogP contribution in [0.15, 0.2) is 34.9 Å². The molecule has 0 N–H and O–H groups in total. The Morgan fingerprint density at radius 3 is 2.73 bits per heavy atom. The summed E-state index contributed by atoms with van der Waals surface area (Å²) in [6.45, 7) is 3.49. The molecule has 26 heavy (non-hydrogen) atoms. The number of carbonyl (C=O) groups excluding carboxylic acids is 1. The van der Waals surface area contributed by atoms with Crippen LogP contribution in [0.3, 0.4) is 0 Å². The van der Waals surface area contributed by atoms with Gasteiger partial charge in [-0.15, -0.1) is 0 Å². The predicted molar refractivity (Wildman–Crippen MR) is 104 cm³/mol. The third-order valence-electron chi connectivity index (χ3n) is 4.11. The molecule has 0 aliphatic heterocycles. The van der Waals surface area contributed by atoms with Crippen LogP contribution < -0.4 is 9.64 Å². The van der Waals surface area contributed by atoms with Crippen LogP contribution in [0.4, 0.5) is 5.13 Å². The number of benzene rings is 1. The molecule has 0 spiro atoms. The lowest BCUT2D eigenvalue weighted by Crippen LogP contribution is -2.33.